The van der Waals surface area contributed by atoms with E-state index < -0.39 is 0 Å². The maximum absolute atomic E-state index is 7.73. The molecule has 0 saturated heterocycles. The maximum Gasteiger partial charge on any atom is 0.199 e. The van der Waals surface area contributed by atoms with Crippen LogP contribution in [0, 0.1) is 24.7 Å². The van der Waals surface area contributed by atoms with Gasteiger partial charge in [0.15, 0.2) is 11.9 Å². The summed E-state index contributed by atoms with van der Waals surface area (Å²) in [5, 5.41) is 23.6. The first-order valence-corrected chi connectivity index (χ1v) is 5.55. The molecule has 5 heteroatoms. The number of guanidine groups is 2. The van der Waals surface area contributed by atoms with Crippen molar-refractivity contribution in [2.45, 2.75) is 20.8 Å². The topological polar surface area (TPSA) is 83.8 Å². The molecule has 0 aliphatic carbocycles. The molecule has 0 radical (unpaired) electrons. The van der Waals surface area contributed by atoms with Crippen LogP contribution in [-0.4, -0.2) is 18.5 Å². The molecule has 0 spiro atoms. The van der Waals surface area contributed by atoms with E-state index in [1.165, 1.54) is 0 Å². The van der Waals surface area contributed by atoms with Gasteiger partial charge in [-0.15, -0.1) is 0 Å². The lowest BCUT2D eigenvalue weighted by Gasteiger charge is -2.15. The summed E-state index contributed by atoms with van der Waals surface area (Å²) >= 11 is 0. The first-order chi connectivity index (χ1) is 8.04. The average molecular weight is 233 g/mol. The minimum Gasteiger partial charge on any atom is -0.357 e. The van der Waals surface area contributed by atoms with Crippen LogP contribution in [0.4, 0.5) is 5.69 Å². The Balaban J connectivity index is 2.65. The molecule has 17 heavy (non-hydrogen) atoms. The molecule has 1 rings (SSSR count). The van der Waals surface area contributed by atoms with Crippen LogP contribution in [0.1, 0.15) is 18.1 Å². The zero-order valence-corrected chi connectivity index (χ0v) is 10.4. The summed E-state index contributed by atoms with van der Waals surface area (Å²) < 4.78 is 0. The van der Waals surface area contributed by atoms with Gasteiger partial charge < -0.3 is 10.6 Å². The second-order valence-corrected chi connectivity index (χ2v) is 3.80. The van der Waals surface area contributed by atoms with Gasteiger partial charge in [0.2, 0.25) is 0 Å². The van der Waals surface area contributed by atoms with Gasteiger partial charge in [0.05, 0.1) is 0 Å². The van der Waals surface area contributed by atoms with E-state index in [2.05, 4.69) is 16.0 Å². The monoisotopic (exact) mass is 233 g/mol. The second kappa shape index (κ2) is 5.89. The Morgan fingerprint density at radius 2 is 1.71 bits per heavy atom. The van der Waals surface area contributed by atoms with Gasteiger partial charge in [0.1, 0.15) is 0 Å². The lowest BCUT2D eigenvalue weighted by molar-refractivity contribution is 0.922. The highest BCUT2D eigenvalue weighted by atomic mass is 15.2. The van der Waals surface area contributed by atoms with Crippen LogP contribution < -0.4 is 16.0 Å². The van der Waals surface area contributed by atoms with E-state index in [0.29, 0.717) is 6.54 Å². The van der Waals surface area contributed by atoms with E-state index in [1.54, 1.807) is 0 Å². The van der Waals surface area contributed by atoms with Gasteiger partial charge in [-0.25, -0.2) is 0 Å². The highest BCUT2D eigenvalue weighted by Gasteiger charge is 2.05. The van der Waals surface area contributed by atoms with Crippen LogP contribution >= 0.6 is 0 Å². The predicted octanol–water partition coefficient (Wildman–Crippen LogP) is 1.78. The Morgan fingerprint density at radius 1 is 1.12 bits per heavy atom. The van der Waals surface area contributed by atoms with E-state index in [0.717, 1.165) is 16.8 Å². The molecule has 5 N–H and O–H groups in total. The third-order valence-electron chi connectivity index (χ3n) is 2.33. The Morgan fingerprint density at radius 3 is 2.24 bits per heavy atom. The summed E-state index contributed by atoms with van der Waals surface area (Å²) in [6, 6.07) is 5.95. The van der Waals surface area contributed by atoms with Crippen LogP contribution in [0.25, 0.3) is 0 Å². The fourth-order valence-corrected chi connectivity index (χ4v) is 1.51. The molecular formula is C12H19N5. The summed E-state index contributed by atoms with van der Waals surface area (Å²) in [5.41, 5.74) is 3.06. The van der Waals surface area contributed by atoms with Crippen molar-refractivity contribution < 1.29 is 0 Å². The van der Waals surface area contributed by atoms with Crippen molar-refractivity contribution >= 4 is 17.6 Å². The summed E-state index contributed by atoms with van der Waals surface area (Å²) in [6.45, 7) is 6.53. The molecular weight excluding hydrogens is 214 g/mol. The zero-order valence-electron chi connectivity index (χ0n) is 10.4. The van der Waals surface area contributed by atoms with Crippen molar-refractivity contribution in [2.24, 2.45) is 0 Å². The molecule has 0 unspecified atom stereocenters. The molecule has 0 saturated carbocycles. The molecule has 5 nitrogen and oxygen atoms in total. The van der Waals surface area contributed by atoms with Crippen LogP contribution in [0.2, 0.25) is 0 Å². The highest BCUT2D eigenvalue weighted by Crippen LogP contribution is 2.18. The SMILES string of the molecule is CCNC(=N)NC(=N)Nc1c(C)cccc1C. The van der Waals surface area contributed by atoms with Gasteiger partial charge in [0.25, 0.3) is 0 Å². The number of hydrogen-bond donors (Lipinski definition) is 5. The number of hydrogen-bond acceptors (Lipinski definition) is 2. The Kier molecular flexibility index (Phi) is 4.51. The normalized spacial score (nSPS) is 9.59. The molecule has 1 aromatic carbocycles. The number of nitrogens with one attached hydrogen (secondary N) is 5. The van der Waals surface area contributed by atoms with Crippen LogP contribution in [0.15, 0.2) is 18.2 Å². The van der Waals surface area contributed by atoms with Crippen LogP contribution in [0.5, 0.6) is 0 Å². The minimum atomic E-state index is 0.0911. The van der Waals surface area contributed by atoms with Gasteiger partial charge in [-0.05, 0) is 31.9 Å². The van der Waals surface area contributed by atoms with E-state index in [4.69, 9.17) is 10.8 Å². The molecule has 92 valence electrons. The molecule has 0 aliphatic rings. The molecule has 0 bridgehead atoms. The summed E-state index contributed by atoms with van der Waals surface area (Å²) in [5.74, 6) is 0.213. The molecule has 0 amide bonds. The maximum atomic E-state index is 7.73. The number of benzene rings is 1. The van der Waals surface area contributed by atoms with Crippen molar-refractivity contribution in [2.75, 3.05) is 11.9 Å². The number of para-hydroxylation sites is 1. The fourth-order valence-electron chi connectivity index (χ4n) is 1.51. The summed E-state index contributed by atoms with van der Waals surface area (Å²) in [4.78, 5) is 0. The van der Waals surface area contributed by atoms with E-state index in [-0.39, 0.29) is 11.9 Å². The lowest BCUT2D eigenvalue weighted by atomic mass is 10.1. The Bertz CT molecular complexity index is 405. The van der Waals surface area contributed by atoms with Crippen LogP contribution in [0.3, 0.4) is 0 Å². The zero-order chi connectivity index (χ0) is 12.8. The first-order valence-electron chi connectivity index (χ1n) is 5.55. The Labute approximate surface area is 102 Å². The number of aryl methyl sites for hydroxylation is 2. The molecule has 0 aromatic heterocycles. The quantitative estimate of drug-likeness (QED) is 0.399. The smallest absolute Gasteiger partial charge is 0.199 e. The second-order valence-electron chi connectivity index (χ2n) is 3.80. The fraction of sp³-hybridized carbons (Fsp3) is 0.333. The molecule has 0 heterocycles. The van der Waals surface area contributed by atoms with E-state index in [1.807, 2.05) is 39.0 Å². The molecule has 0 atom stereocenters. The minimum absolute atomic E-state index is 0.0911. The molecule has 1 aromatic rings. The molecule has 0 fully saturated rings. The Hall–Kier alpha value is -2.04. The lowest BCUT2D eigenvalue weighted by Crippen LogP contribution is -2.42. The van der Waals surface area contributed by atoms with Crippen molar-refractivity contribution in [3.63, 3.8) is 0 Å². The van der Waals surface area contributed by atoms with Crippen molar-refractivity contribution in [1.29, 1.82) is 10.8 Å². The molecule has 0 aliphatic heterocycles. The van der Waals surface area contributed by atoms with Crippen molar-refractivity contribution in [3.05, 3.63) is 29.3 Å². The summed E-state index contributed by atoms with van der Waals surface area (Å²) in [7, 11) is 0. The van der Waals surface area contributed by atoms with Crippen molar-refractivity contribution in [1.82, 2.24) is 10.6 Å². The van der Waals surface area contributed by atoms with Crippen LogP contribution in [-0.2, 0) is 0 Å². The van der Waals surface area contributed by atoms with Gasteiger partial charge in [-0.2, -0.15) is 0 Å². The average Bonchev–Trinajstić information content (AvgIpc) is 2.24. The third kappa shape index (κ3) is 3.79. The first kappa shape index (κ1) is 13.0. The van der Waals surface area contributed by atoms with Gasteiger partial charge in [-0.3, -0.25) is 16.1 Å². The third-order valence-corrected chi connectivity index (χ3v) is 2.33. The van der Waals surface area contributed by atoms with Gasteiger partial charge in [-0.1, -0.05) is 18.2 Å². The van der Waals surface area contributed by atoms with Gasteiger partial charge in [0, 0.05) is 12.2 Å². The van der Waals surface area contributed by atoms with Gasteiger partial charge >= 0.3 is 0 Å². The van der Waals surface area contributed by atoms with E-state index >= 15 is 0 Å². The standard InChI is InChI=1S/C12H19N5/c1-4-15-11(13)17-12(14)16-10-8(2)6-5-7-9(10)3/h5-7H,4H2,1-3H3,(H5,13,14,15,16,17). The number of anilines is 1. The predicted molar refractivity (Wildman–Crippen MR) is 71.8 cm³/mol. The van der Waals surface area contributed by atoms with E-state index in [9.17, 15) is 0 Å². The summed E-state index contributed by atoms with van der Waals surface area (Å²) in [6.07, 6.45) is 0. The highest BCUT2D eigenvalue weighted by molar-refractivity contribution is 6.03. The largest absolute Gasteiger partial charge is 0.357 e. The van der Waals surface area contributed by atoms with Crippen molar-refractivity contribution in [3.8, 4) is 0 Å². The number of rotatable bonds is 2.